The molecule has 3 aromatic rings. The summed E-state index contributed by atoms with van der Waals surface area (Å²) < 4.78 is 50.5. The van der Waals surface area contributed by atoms with Crippen molar-refractivity contribution < 1.29 is 26.8 Å². The molecule has 0 saturated carbocycles. The van der Waals surface area contributed by atoms with Crippen LogP contribution < -0.4 is 15.4 Å². The Morgan fingerprint density at radius 1 is 0.914 bits per heavy atom. The van der Waals surface area contributed by atoms with Crippen molar-refractivity contribution in [3.8, 4) is 0 Å². The van der Waals surface area contributed by atoms with Crippen molar-refractivity contribution in [3.05, 3.63) is 88.8 Å². The number of sulfonamides is 1. The summed E-state index contributed by atoms with van der Waals surface area (Å²) in [6.45, 7) is 0. The van der Waals surface area contributed by atoms with E-state index in [1.807, 2.05) is 0 Å². The molecule has 0 aromatic heterocycles. The van der Waals surface area contributed by atoms with Crippen LogP contribution in [0.4, 0.5) is 25.8 Å². The van der Waals surface area contributed by atoms with Gasteiger partial charge in [-0.3, -0.25) is 14.5 Å². The predicted molar refractivity (Wildman–Crippen MR) is 128 cm³/mol. The zero-order chi connectivity index (χ0) is 24.9. The fraction of sp³-hybridized carbons (Fsp3) is 0. The maximum Gasteiger partial charge on any atom is 0.272 e. The summed E-state index contributed by atoms with van der Waals surface area (Å²) in [5.74, 6) is -2.26. The van der Waals surface area contributed by atoms with Gasteiger partial charge in [-0.25, -0.2) is 27.3 Å². The topological polar surface area (TPSA) is 122 Å². The predicted octanol–water partition coefficient (Wildman–Crippen LogP) is 3.74. The Bertz CT molecular complexity index is 1570. The highest BCUT2D eigenvalue weighted by Crippen LogP contribution is 2.44. The third kappa shape index (κ3) is 4.22. The first kappa shape index (κ1) is 22.9. The number of hydrogen-bond acceptors (Lipinski definition) is 6. The van der Waals surface area contributed by atoms with Crippen LogP contribution >= 0.6 is 11.8 Å². The lowest BCUT2D eigenvalue weighted by Gasteiger charge is -2.15. The van der Waals surface area contributed by atoms with Gasteiger partial charge in [0, 0.05) is 11.3 Å². The third-order valence-electron chi connectivity index (χ3n) is 5.21. The van der Waals surface area contributed by atoms with Gasteiger partial charge < -0.3 is 5.32 Å². The molecule has 2 heterocycles. The van der Waals surface area contributed by atoms with Gasteiger partial charge in [-0.2, -0.15) is 0 Å². The van der Waals surface area contributed by atoms with Crippen molar-refractivity contribution in [1.29, 1.82) is 0 Å². The van der Waals surface area contributed by atoms with Gasteiger partial charge in [0.05, 0.1) is 26.7 Å². The largest absolute Gasteiger partial charge is 0.321 e. The van der Waals surface area contributed by atoms with Crippen LogP contribution in [0.15, 0.2) is 81.5 Å². The average molecular weight is 513 g/mol. The van der Waals surface area contributed by atoms with Crippen LogP contribution in [-0.2, 0) is 19.6 Å². The van der Waals surface area contributed by atoms with Crippen molar-refractivity contribution in [2.24, 2.45) is 10.1 Å². The summed E-state index contributed by atoms with van der Waals surface area (Å²) in [7, 11) is -3.91. The van der Waals surface area contributed by atoms with E-state index >= 15 is 0 Å². The minimum absolute atomic E-state index is 0.00335. The lowest BCUT2D eigenvalue weighted by molar-refractivity contribution is -0.114. The van der Waals surface area contributed by atoms with E-state index in [1.165, 1.54) is 65.6 Å². The van der Waals surface area contributed by atoms with Crippen molar-refractivity contribution in [2.45, 2.75) is 4.90 Å². The fourth-order valence-electron chi connectivity index (χ4n) is 3.60. The monoisotopic (exact) mass is 512 g/mol. The van der Waals surface area contributed by atoms with Gasteiger partial charge in [0.1, 0.15) is 11.6 Å². The van der Waals surface area contributed by atoms with Crippen LogP contribution in [0, 0.1) is 11.6 Å². The molecule has 2 aliphatic heterocycles. The van der Waals surface area contributed by atoms with Gasteiger partial charge in [-0.15, -0.1) is 0 Å². The van der Waals surface area contributed by atoms with E-state index in [0.29, 0.717) is 11.4 Å². The molecule has 1 saturated heterocycles. The number of halogens is 2. The standard InChI is InChI=1S/C23H14F2N4O4S2/c24-12-1-6-15(7-2-12)29-22(31)20(19-17-11-13(25)3-10-18(17)28-21(19)30)34-23(29)27-14-4-8-16(9-5-14)35(26,32)33/h1-11H,(H,28,30)(H2,26,32,33)/b20-19-,27-23-. The van der Waals surface area contributed by atoms with Crippen LogP contribution in [0.3, 0.4) is 0 Å². The number of carbonyl (C=O) groups excluding carboxylic acids is 2. The number of thioether (sulfide) groups is 1. The third-order valence-corrected chi connectivity index (χ3v) is 7.18. The number of amides is 2. The molecule has 0 unspecified atom stereocenters. The maximum atomic E-state index is 13.9. The quantitative estimate of drug-likeness (QED) is 0.518. The number of nitrogens with one attached hydrogen (secondary N) is 1. The number of fused-ring (bicyclic) bond motifs is 1. The molecule has 0 radical (unpaired) electrons. The SMILES string of the molecule is NS(=O)(=O)c1ccc(/N=C2\S/C(=C3\C(=O)Nc4ccc(F)cc43)C(=O)N2c2ccc(F)cc2)cc1. The molecule has 5 rings (SSSR count). The van der Waals surface area contributed by atoms with Crippen LogP contribution in [0.2, 0.25) is 0 Å². The van der Waals surface area contributed by atoms with Gasteiger partial charge in [0.25, 0.3) is 11.8 Å². The lowest BCUT2D eigenvalue weighted by atomic mass is 10.1. The maximum absolute atomic E-state index is 13.9. The molecule has 8 nitrogen and oxygen atoms in total. The van der Waals surface area contributed by atoms with Gasteiger partial charge in [0.2, 0.25) is 10.0 Å². The Morgan fingerprint density at radius 3 is 2.23 bits per heavy atom. The molecule has 1 fully saturated rings. The van der Waals surface area contributed by atoms with E-state index in [2.05, 4.69) is 10.3 Å². The first-order valence-corrected chi connectivity index (χ1v) is 12.3. The number of nitrogens with two attached hydrogens (primary N) is 1. The molecular weight excluding hydrogens is 498 g/mol. The smallest absolute Gasteiger partial charge is 0.272 e. The lowest BCUT2D eigenvalue weighted by Crippen LogP contribution is -2.29. The summed E-state index contributed by atoms with van der Waals surface area (Å²) in [5.41, 5.74) is 1.19. The number of anilines is 2. The Morgan fingerprint density at radius 2 is 1.57 bits per heavy atom. The Labute approximate surface area is 202 Å². The highest BCUT2D eigenvalue weighted by molar-refractivity contribution is 8.19. The number of nitrogens with zero attached hydrogens (tertiary/aromatic N) is 2. The second kappa shape index (κ2) is 8.41. The summed E-state index contributed by atoms with van der Waals surface area (Å²) >= 11 is 0.887. The van der Waals surface area contributed by atoms with Crippen molar-refractivity contribution in [3.63, 3.8) is 0 Å². The molecule has 0 spiro atoms. The normalized spacial score (nSPS) is 18.8. The number of aliphatic imine (C=N–C) groups is 1. The molecule has 0 bridgehead atoms. The second-order valence-corrected chi connectivity index (χ2v) is 10.0. The summed E-state index contributed by atoms with van der Waals surface area (Å²) in [6.07, 6.45) is 0. The average Bonchev–Trinajstić information content (AvgIpc) is 3.29. The zero-order valence-electron chi connectivity index (χ0n) is 17.5. The van der Waals surface area contributed by atoms with Crippen LogP contribution in [0.25, 0.3) is 5.57 Å². The second-order valence-electron chi connectivity index (χ2n) is 7.50. The molecule has 35 heavy (non-hydrogen) atoms. The molecule has 176 valence electrons. The van der Waals surface area contributed by atoms with E-state index in [9.17, 15) is 26.8 Å². The molecule has 3 aromatic carbocycles. The summed E-state index contributed by atoms with van der Waals surface area (Å²) in [5, 5.41) is 7.87. The van der Waals surface area contributed by atoms with E-state index in [4.69, 9.17) is 5.14 Å². The minimum atomic E-state index is -3.91. The summed E-state index contributed by atoms with van der Waals surface area (Å²) in [6, 6.07) is 14.2. The highest BCUT2D eigenvalue weighted by Gasteiger charge is 2.41. The van der Waals surface area contributed by atoms with Gasteiger partial charge >= 0.3 is 0 Å². The molecular formula is C23H14F2N4O4S2. The molecule has 0 atom stereocenters. The number of rotatable bonds is 3. The van der Waals surface area contributed by atoms with Crippen LogP contribution in [0.1, 0.15) is 5.56 Å². The van der Waals surface area contributed by atoms with Crippen molar-refractivity contribution in [2.75, 3.05) is 10.2 Å². The number of carbonyl (C=O) groups is 2. The highest BCUT2D eigenvalue weighted by atomic mass is 32.2. The molecule has 3 N–H and O–H groups in total. The molecule has 0 aliphatic carbocycles. The zero-order valence-corrected chi connectivity index (χ0v) is 19.2. The number of primary sulfonamides is 1. The van der Waals surface area contributed by atoms with E-state index in [1.54, 1.807) is 0 Å². The van der Waals surface area contributed by atoms with Crippen LogP contribution in [-0.4, -0.2) is 25.4 Å². The molecule has 2 amide bonds. The number of amidine groups is 1. The van der Waals surface area contributed by atoms with E-state index in [0.717, 1.165) is 17.8 Å². The fourth-order valence-corrected chi connectivity index (χ4v) is 5.22. The van der Waals surface area contributed by atoms with Crippen LogP contribution in [0.5, 0.6) is 0 Å². The Hall–Kier alpha value is -3.87. The van der Waals surface area contributed by atoms with Crippen molar-refractivity contribution >= 4 is 61.4 Å². The first-order chi connectivity index (χ1) is 16.6. The minimum Gasteiger partial charge on any atom is -0.321 e. The number of benzene rings is 3. The van der Waals surface area contributed by atoms with Crippen molar-refractivity contribution in [1.82, 2.24) is 0 Å². The number of hydrogen-bond donors (Lipinski definition) is 2. The Kier molecular flexibility index (Phi) is 5.50. The molecule has 12 heteroatoms. The molecule has 2 aliphatic rings. The van der Waals surface area contributed by atoms with E-state index < -0.39 is 33.5 Å². The Balaban J connectivity index is 1.65. The van der Waals surface area contributed by atoms with E-state index in [-0.39, 0.29) is 31.8 Å². The van der Waals surface area contributed by atoms with Gasteiger partial charge in [-0.1, -0.05) is 0 Å². The first-order valence-electron chi connectivity index (χ1n) is 9.97. The van der Waals surface area contributed by atoms with Gasteiger partial charge in [-0.05, 0) is 78.5 Å². The summed E-state index contributed by atoms with van der Waals surface area (Å²) in [4.78, 5) is 31.8. The van der Waals surface area contributed by atoms with Gasteiger partial charge in [0.15, 0.2) is 5.17 Å².